The first-order valence-corrected chi connectivity index (χ1v) is 8.87. The molecule has 0 radical (unpaired) electrons. The molecular formula is C20H13BrFN3O2. The predicted octanol–water partition coefficient (Wildman–Crippen LogP) is 3.66. The molecule has 0 bridgehead atoms. The highest BCUT2D eigenvalue weighted by Gasteiger charge is 2.35. The van der Waals surface area contributed by atoms with Crippen LogP contribution in [0, 0.1) is 17.1 Å². The summed E-state index contributed by atoms with van der Waals surface area (Å²) in [6.45, 7) is 0. The second-order valence-electron chi connectivity index (χ2n) is 6.22. The van der Waals surface area contributed by atoms with Gasteiger partial charge in [-0.15, -0.1) is 0 Å². The van der Waals surface area contributed by atoms with Crippen LogP contribution < -0.4 is 16.0 Å². The summed E-state index contributed by atoms with van der Waals surface area (Å²) in [5, 5.41) is 10.4. The van der Waals surface area contributed by atoms with Gasteiger partial charge in [-0.05, 0) is 45.8 Å². The minimum absolute atomic E-state index is 0.0612. The number of nitrogens with zero attached hydrogens (tertiary/aromatic N) is 2. The maximum atomic E-state index is 13.7. The Labute approximate surface area is 162 Å². The molecule has 0 spiro atoms. The SMILES string of the molecule is Cn1c(=O)c2c(c3ccccc31)OC(N)=C(C#N)C2c1ccc(F)c(Br)c1. The molecule has 0 aliphatic carbocycles. The highest BCUT2D eigenvalue weighted by atomic mass is 79.9. The van der Waals surface area contributed by atoms with Crippen molar-refractivity contribution in [3.8, 4) is 11.8 Å². The Morgan fingerprint density at radius 2 is 2.04 bits per heavy atom. The Morgan fingerprint density at radius 1 is 1.30 bits per heavy atom. The Hall–Kier alpha value is -3.11. The van der Waals surface area contributed by atoms with Crippen molar-refractivity contribution in [2.75, 3.05) is 0 Å². The third-order valence-electron chi connectivity index (χ3n) is 4.74. The fourth-order valence-corrected chi connectivity index (χ4v) is 3.85. The van der Waals surface area contributed by atoms with E-state index < -0.39 is 11.7 Å². The molecule has 1 unspecified atom stereocenters. The molecule has 1 atom stereocenters. The maximum Gasteiger partial charge on any atom is 0.258 e. The fourth-order valence-electron chi connectivity index (χ4n) is 3.45. The Kier molecular flexibility index (Phi) is 4.01. The number of allylic oxidation sites excluding steroid dienone is 1. The van der Waals surface area contributed by atoms with E-state index in [9.17, 15) is 14.4 Å². The van der Waals surface area contributed by atoms with Crippen LogP contribution in [-0.4, -0.2) is 4.57 Å². The molecule has 27 heavy (non-hydrogen) atoms. The second-order valence-corrected chi connectivity index (χ2v) is 7.08. The standard InChI is InChI=1S/C20H13BrFN3O2/c1-25-15-5-3-2-4-11(15)18-17(20(25)26)16(12(9-23)19(24)27-18)10-6-7-14(22)13(21)8-10/h2-8,16H,24H2,1H3. The van der Waals surface area contributed by atoms with Gasteiger partial charge in [-0.3, -0.25) is 4.79 Å². The number of rotatable bonds is 1. The first-order chi connectivity index (χ1) is 12.9. The summed E-state index contributed by atoms with van der Waals surface area (Å²) >= 11 is 3.16. The van der Waals surface area contributed by atoms with E-state index in [4.69, 9.17) is 10.5 Å². The number of hydrogen-bond donors (Lipinski definition) is 1. The van der Waals surface area contributed by atoms with Crippen molar-refractivity contribution >= 4 is 26.8 Å². The van der Waals surface area contributed by atoms with Crippen molar-refractivity contribution in [1.82, 2.24) is 4.57 Å². The molecule has 3 aromatic rings. The Balaban J connectivity index is 2.13. The van der Waals surface area contributed by atoms with Crippen LogP contribution in [0.25, 0.3) is 10.9 Å². The van der Waals surface area contributed by atoms with E-state index >= 15 is 0 Å². The number of benzene rings is 2. The van der Waals surface area contributed by atoms with Gasteiger partial charge in [0.25, 0.3) is 5.56 Å². The molecule has 0 fully saturated rings. The molecule has 134 valence electrons. The van der Waals surface area contributed by atoms with E-state index in [0.29, 0.717) is 27.8 Å². The van der Waals surface area contributed by atoms with Gasteiger partial charge < -0.3 is 15.0 Å². The predicted molar refractivity (Wildman–Crippen MR) is 103 cm³/mol. The number of aromatic nitrogens is 1. The van der Waals surface area contributed by atoms with Crippen LogP contribution in [0.3, 0.4) is 0 Å². The van der Waals surface area contributed by atoms with E-state index in [1.807, 2.05) is 30.3 Å². The monoisotopic (exact) mass is 425 g/mol. The number of fused-ring (bicyclic) bond motifs is 3. The number of nitrogens with two attached hydrogens (primary N) is 1. The molecule has 1 aliphatic rings. The summed E-state index contributed by atoms with van der Waals surface area (Å²) in [5.41, 5.74) is 7.41. The van der Waals surface area contributed by atoms with Gasteiger partial charge in [0.05, 0.1) is 21.5 Å². The molecule has 2 aromatic carbocycles. The molecular weight excluding hydrogens is 413 g/mol. The highest BCUT2D eigenvalue weighted by molar-refractivity contribution is 9.10. The quantitative estimate of drug-likeness (QED) is 0.644. The molecule has 2 heterocycles. The summed E-state index contributed by atoms with van der Waals surface area (Å²) in [7, 11) is 1.66. The Bertz CT molecular complexity index is 1240. The van der Waals surface area contributed by atoms with Gasteiger partial charge >= 0.3 is 0 Å². The molecule has 7 heteroatoms. The lowest BCUT2D eigenvalue weighted by molar-refractivity contribution is 0.396. The van der Waals surface area contributed by atoms with Crippen molar-refractivity contribution in [1.29, 1.82) is 5.26 Å². The van der Waals surface area contributed by atoms with Crippen LogP contribution in [0.4, 0.5) is 4.39 Å². The summed E-state index contributed by atoms with van der Waals surface area (Å²) in [4.78, 5) is 13.2. The van der Waals surface area contributed by atoms with Gasteiger partial charge in [0.15, 0.2) is 0 Å². The zero-order valence-electron chi connectivity index (χ0n) is 14.2. The van der Waals surface area contributed by atoms with Gasteiger partial charge in [-0.25, -0.2) is 4.39 Å². The topological polar surface area (TPSA) is 81.0 Å². The van der Waals surface area contributed by atoms with Crippen molar-refractivity contribution < 1.29 is 9.13 Å². The first-order valence-electron chi connectivity index (χ1n) is 8.08. The number of halogens is 2. The lowest BCUT2D eigenvalue weighted by atomic mass is 9.83. The van der Waals surface area contributed by atoms with Crippen molar-refractivity contribution in [3.63, 3.8) is 0 Å². The normalized spacial score (nSPS) is 16.0. The van der Waals surface area contributed by atoms with E-state index in [-0.39, 0.29) is 21.5 Å². The first kappa shape index (κ1) is 17.3. The third-order valence-corrected chi connectivity index (χ3v) is 5.35. The van der Waals surface area contributed by atoms with Crippen LogP contribution in [-0.2, 0) is 7.05 Å². The largest absolute Gasteiger partial charge is 0.439 e. The number of hydrogen-bond acceptors (Lipinski definition) is 4. The van der Waals surface area contributed by atoms with Crippen LogP contribution in [0.5, 0.6) is 5.75 Å². The van der Waals surface area contributed by atoms with E-state index in [0.717, 1.165) is 0 Å². The third kappa shape index (κ3) is 2.53. The van der Waals surface area contributed by atoms with Crippen LogP contribution in [0.15, 0.2) is 63.2 Å². The van der Waals surface area contributed by atoms with E-state index in [1.165, 1.54) is 10.6 Å². The van der Waals surface area contributed by atoms with Crippen LogP contribution >= 0.6 is 15.9 Å². The average molecular weight is 426 g/mol. The highest BCUT2D eigenvalue weighted by Crippen LogP contribution is 2.43. The van der Waals surface area contributed by atoms with Crippen LogP contribution in [0.2, 0.25) is 0 Å². The van der Waals surface area contributed by atoms with E-state index in [2.05, 4.69) is 15.9 Å². The lowest BCUT2D eigenvalue weighted by Gasteiger charge is -2.27. The van der Waals surface area contributed by atoms with Gasteiger partial charge in [0.2, 0.25) is 5.88 Å². The van der Waals surface area contributed by atoms with Gasteiger partial charge in [-0.1, -0.05) is 18.2 Å². The van der Waals surface area contributed by atoms with Gasteiger partial charge in [-0.2, -0.15) is 5.26 Å². The molecule has 4 rings (SSSR count). The number of ether oxygens (including phenoxy) is 1. The smallest absolute Gasteiger partial charge is 0.258 e. The van der Waals surface area contributed by atoms with Gasteiger partial charge in [0, 0.05) is 12.4 Å². The van der Waals surface area contributed by atoms with Crippen molar-refractivity contribution in [2.24, 2.45) is 12.8 Å². The fraction of sp³-hybridized carbons (Fsp3) is 0.100. The molecule has 2 N–H and O–H groups in total. The molecule has 1 aliphatic heterocycles. The Morgan fingerprint density at radius 3 is 2.74 bits per heavy atom. The summed E-state index contributed by atoms with van der Waals surface area (Å²) in [5.74, 6) is -0.920. The maximum absolute atomic E-state index is 13.7. The van der Waals surface area contributed by atoms with E-state index in [1.54, 1.807) is 19.2 Å². The number of pyridine rings is 1. The second kappa shape index (κ2) is 6.25. The minimum atomic E-state index is -0.751. The zero-order valence-corrected chi connectivity index (χ0v) is 15.7. The number of para-hydroxylation sites is 1. The molecule has 1 aromatic heterocycles. The number of nitriles is 1. The molecule has 0 amide bonds. The van der Waals surface area contributed by atoms with Crippen LogP contribution in [0.1, 0.15) is 17.0 Å². The molecule has 5 nitrogen and oxygen atoms in total. The summed E-state index contributed by atoms with van der Waals surface area (Å²) < 4.78 is 21.2. The van der Waals surface area contributed by atoms with Crippen molar-refractivity contribution in [2.45, 2.75) is 5.92 Å². The minimum Gasteiger partial charge on any atom is -0.439 e. The zero-order chi connectivity index (χ0) is 19.3. The number of aryl methyl sites for hydroxylation is 1. The summed E-state index contributed by atoms with van der Waals surface area (Å²) in [6, 6.07) is 13.7. The lowest BCUT2D eigenvalue weighted by Crippen LogP contribution is -2.31. The molecule has 0 saturated heterocycles. The summed E-state index contributed by atoms with van der Waals surface area (Å²) in [6.07, 6.45) is 0. The average Bonchev–Trinajstić information content (AvgIpc) is 2.67. The van der Waals surface area contributed by atoms with Gasteiger partial charge in [0.1, 0.15) is 23.2 Å². The van der Waals surface area contributed by atoms with Crippen molar-refractivity contribution in [3.05, 3.63) is 85.7 Å². The molecule has 0 saturated carbocycles.